The number of carbonyl (C=O) groups excluding carboxylic acids is 2. The monoisotopic (exact) mass is 278 g/mol. The molecule has 8 heteroatoms. The summed E-state index contributed by atoms with van der Waals surface area (Å²) in [6.07, 6.45) is -13.4. The summed E-state index contributed by atoms with van der Waals surface area (Å²) < 4.78 is 74.0. The van der Waals surface area contributed by atoms with Crippen LogP contribution in [0.5, 0.6) is 0 Å². The van der Waals surface area contributed by atoms with Crippen molar-refractivity contribution in [3.8, 4) is 0 Å². The molecule has 0 aromatic carbocycles. The van der Waals surface area contributed by atoms with Crippen molar-refractivity contribution < 1.29 is 35.9 Å². The molecule has 0 aliphatic carbocycles. The molecule has 0 spiro atoms. The summed E-state index contributed by atoms with van der Waals surface area (Å²) in [6.45, 7) is 2.10. The SMILES string of the molecule is CCC(CC)(C(=O)CC(=O)C(F)(F)F)C(F)(F)F. The second-order valence-electron chi connectivity index (χ2n) is 3.81. The first-order valence-electron chi connectivity index (χ1n) is 5.12. The van der Waals surface area contributed by atoms with E-state index in [4.69, 9.17) is 0 Å². The van der Waals surface area contributed by atoms with Gasteiger partial charge >= 0.3 is 12.4 Å². The lowest BCUT2D eigenvalue weighted by molar-refractivity contribution is -0.223. The zero-order chi connectivity index (χ0) is 14.8. The first-order chi connectivity index (χ1) is 7.92. The zero-order valence-corrected chi connectivity index (χ0v) is 9.71. The van der Waals surface area contributed by atoms with Crippen LogP contribution in [-0.2, 0) is 9.59 Å². The normalized spacial score (nSPS) is 13.6. The maximum Gasteiger partial charge on any atom is 0.450 e. The Morgan fingerprint density at radius 2 is 1.22 bits per heavy atom. The molecule has 0 unspecified atom stereocenters. The summed E-state index contributed by atoms with van der Waals surface area (Å²) in [5.74, 6) is -4.19. The molecule has 0 amide bonds. The number of hydrogen-bond donors (Lipinski definition) is 0. The van der Waals surface area contributed by atoms with Crippen molar-refractivity contribution in [2.45, 2.75) is 45.5 Å². The summed E-state index contributed by atoms with van der Waals surface area (Å²) >= 11 is 0. The van der Waals surface area contributed by atoms with Gasteiger partial charge in [0.15, 0.2) is 5.78 Å². The predicted octanol–water partition coefficient (Wildman–Crippen LogP) is 3.45. The fourth-order valence-electron chi connectivity index (χ4n) is 1.62. The van der Waals surface area contributed by atoms with E-state index in [-0.39, 0.29) is 0 Å². The fraction of sp³-hybridized carbons (Fsp3) is 0.800. The highest BCUT2D eigenvalue weighted by Gasteiger charge is 2.58. The van der Waals surface area contributed by atoms with Crippen molar-refractivity contribution in [1.29, 1.82) is 0 Å². The van der Waals surface area contributed by atoms with Crippen LogP contribution in [0.1, 0.15) is 33.1 Å². The highest BCUT2D eigenvalue weighted by molar-refractivity contribution is 6.04. The van der Waals surface area contributed by atoms with E-state index in [0.717, 1.165) is 13.8 Å². The van der Waals surface area contributed by atoms with Crippen LogP contribution in [0, 0.1) is 5.41 Å². The van der Waals surface area contributed by atoms with Crippen LogP contribution in [0.15, 0.2) is 0 Å². The van der Waals surface area contributed by atoms with Crippen LogP contribution >= 0.6 is 0 Å². The molecule has 0 radical (unpaired) electrons. The molecular formula is C10H12F6O2. The minimum absolute atomic E-state index is 0.697. The lowest BCUT2D eigenvalue weighted by atomic mass is 9.76. The number of halogens is 6. The molecule has 0 fully saturated rings. The summed E-state index contributed by atoms with van der Waals surface area (Å²) in [4.78, 5) is 22.0. The molecule has 0 saturated heterocycles. The van der Waals surface area contributed by atoms with E-state index >= 15 is 0 Å². The van der Waals surface area contributed by atoms with Gasteiger partial charge in [0, 0.05) is 0 Å². The van der Waals surface area contributed by atoms with E-state index in [1.807, 2.05) is 0 Å². The van der Waals surface area contributed by atoms with Gasteiger partial charge in [0.1, 0.15) is 5.41 Å². The third-order valence-electron chi connectivity index (χ3n) is 2.92. The predicted molar refractivity (Wildman–Crippen MR) is 49.8 cm³/mol. The van der Waals surface area contributed by atoms with Gasteiger partial charge in [-0.15, -0.1) is 0 Å². The Bertz CT molecular complexity index is 324. The van der Waals surface area contributed by atoms with Crippen molar-refractivity contribution in [3.05, 3.63) is 0 Å². The number of Topliss-reactive ketones (excluding diaryl/α,β-unsaturated/α-hetero) is 2. The van der Waals surface area contributed by atoms with Gasteiger partial charge in [-0.05, 0) is 12.8 Å². The molecule has 0 heterocycles. The molecule has 18 heavy (non-hydrogen) atoms. The van der Waals surface area contributed by atoms with Crippen molar-refractivity contribution in [2.24, 2.45) is 5.41 Å². The second-order valence-corrected chi connectivity index (χ2v) is 3.81. The van der Waals surface area contributed by atoms with Crippen LogP contribution in [0.25, 0.3) is 0 Å². The number of ketones is 2. The molecule has 0 rings (SSSR count). The van der Waals surface area contributed by atoms with E-state index < -0.39 is 48.6 Å². The Morgan fingerprint density at radius 1 is 0.833 bits per heavy atom. The van der Waals surface area contributed by atoms with Crippen LogP contribution in [-0.4, -0.2) is 23.9 Å². The van der Waals surface area contributed by atoms with Gasteiger partial charge in [-0.2, -0.15) is 26.3 Å². The summed E-state index contributed by atoms with van der Waals surface area (Å²) in [7, 11) is 0. The summed E-state index contributed by atoms with van der Waals surface area (Å²) in [5, 5.41) is 0. The minimum atomic E-state index is -5.30. The molecule has 106 valence electrons. The van der Waals surface area contributed by atoms with Gasteiger partial charge < -0.3 is 0 Å². The Hall–Kier alpha value is -1.08. The topological polar surface area (TPSA) is 34.1 Å². The molecule has 0 aromatic rings. The number of carbonyl (C=O) groups is 2. The van der Waals surface area contributed by atoms with E-state index in [1.165, 1.54) is 0 Å². The lowest BCUT2D eigenvalue weighted by Crippen LogP contribution is -2.45. The average molecular weight is 278 g/mol. The lowest BCUT2D eigenvalue weighted by Gasteiger charge is -2.32. The van der Waals surface area contributed by atoms with E-state index in [0.29, 0.717) is 0 Å². The largest absolute Gasteiger partial charge is 0.450 e. The highest BCUT2D eigenvalue weighted by Crippen LogP contribution is 2.45. The summed E-state index contributed by atoms with van der Waals surface area (Å²) in [5.41, 5.74) is -2.88. The molecule has 2 nitrogen and oxygen atoms in total. The standard InChI is InChI=1S/C10H12F6O2/c1-3-8(4-2,10(14,15)16)6(17)5-7(18)9(11,12)13/h3-5H2,1-2H3. The number of hydrogen-bond acceptors (Lipinski definition) is 2. The third kappa shape index (κ3) is 3.23. The Labute approximate surface area is 99.3 Å². The van der Waals surface area contributed by atoms with Gasteiger partial charge in [0.25, 0.3) is 0 Å². The van der Waals surface area contributed by atoms with E-state index in [1.54, 1.807) is 0 Å². The van der Waals surface area contributed by atoms with E-state index in [2.05, 4.69) is 0 Å². The van der Waals surface area contributed by atoms with Gasteiger partial charge in [-0.3, -0.25) is 9.59 Å². The molecule has 0 aliphatic heterocycles. The molecule has 0 atom stereocenters. The maximum absolute atomic E-state index is 12.8. The van der Waals surface area contributed by atoms with Crippen molar-refractivity contribution >= 4 is 11.6 Å². The van der Waals surface area contributed by atoms with Crippen molar-refractivity contribution in [2.75, 3.05) is 0 Å². The molecule has 0 aromatic heterocycles. The first-order valence-corrected chi connectivity index (χ1v) is 5.12. The Kier molecular flexibility index (Phi) is 4.96. The van der Waals surface area contributed by atoms with Crippen LogP contribution in [0.4, 0.5) is 26.3 Å². The average Bonchev–Trinajstić information content (AvgIpc) is 2.16. The Morgan fingerprint density at radius 3 is 1.44 bits per heavy atom. The van der Waals surface area contributed by atoms with Crippen LogP contribution in [0.3, 0.4) is 0 Å². The molecular weight excluding hydrogens is 266 g/mol. The van der Waals surface area contributed by atoms with Crippen molar-refractivity contribution in [1.82, 2.24) is 0 Å². The van der Waals surface area contributed by atoms with Gasteiger partial charge in [0.05, 0.1) is 6.42 Å². The smallest absolute Gasteiger partial charge is 0.298 e. The third-order valence-corrected chi connectivity index (χ3v) is 2.92. The Balaban J connectivity index is 5.21. The van der Waals surface area contributed by atoms with Gasteiger partial charge in [-0.1, -0.05) is 13.8 Å². The summed E-state index contributed by atoms with van der Waals surface area (Å²) in [6, 6.07) is 0. The van der Waals surface area contributed by atoms with Crippen LogP contribution in [0.2, 0.25) is 0 Å². The number of alkyl halides is 6. The molecule has 0 N–H and O–H groups in total. The highest BCUT2D eigenvalue weighted by atomic mass is 19.4. The maximum atomic E-state index is 12.8. The number of rotatable bonds is 5. The molecule has 0 aliphatic rings. The zero-order valence-electron chi connectivity index (χ0n) is 9.71. The quantitative estimate of drug-likeness (QED) is 0.570. The van der Waals surface area contributed by atoms with Crippen molar-refractivity contribution in [3.63, 3.8) is 0 Å². The second kappa shape index (κ2) is 5.27. The molecule has 0 saturated carbocycles. The van der Waals surface area contributed by atoms with E-state index in [9.17, 15) is 35.9 Å². The minimum Gasteiger partial charge on any atom is -0.298 e. The fourth-order valence-corrected chi connectivity index (χ4v) is 1.62. The molecule has 0 bridgehead atoms. The van der Waals surface area contributed by atoms with Gasteiger partial charge in [0.2, 0.25) is 5.78 Å². The first kappa shape index (κ1) is 16.9. The van der Waals surface area contributed by atoms with Gasteiger partial charge in [-0.25, -0.2) is 0 Å². The van der Waals surface area contributed by atoms with Crippen LogP contribution < -0.4 is 0 Å².